The van der Waals surface area contributed by atoms with Crippen molar-refractivity contribution < 1.29 is 38.7 Å². The van der Waals surface area contributed by atoms with Gasteiger partial charge in [-0.25, -0.2) is 4.79 Å². The van der Waals surface area contributed by atoms with E-state index in [0.29, 0.717) is 24.9 Å². The second-order valence-corrected chi connectivity index (χ2v) is 13.5. The maximum atomic E-state index is 12.4. The van der Waals surface area contributed by atoms with Gasteiger partial charge in [0.05, 0.1) is 17.8 Å². The van der Waals surface area contributed by atoms with E-state index in [0.717, 1.165) is 56.1 Å². The van der Waals surface area contributed by atoms with E-state index in [4.69, 9.17) is 23.7 Å². The molecule has 6 aliphatic rings. The lowest BCUT2D eigenvalue weighted by atomic mass is 9.43. The number of cyclic esters (lactones) is 1. The van der Waals surface area contributed by atoms with Crippen LogP contribution < -0.4 is 0 Å². The van der Waals surface area contributed by atoms with Crippen LogP contribution in [0, 0.1) is 28.6 Å². The predicted molar refractivity (Wildman–Crippen MR) is 143 cm³/mol. The van der Waals surface area contributed by atoms with E-state index in [1.54, 1.807) is 20.3 Å². The molecule has 1 saturated heterocycles. The van der Waals surface area contributed by atoms with Crippen LogP contribution >= 0.6 is 0 Å². The summed E-state index contributed by atoms with van der Waals surface area (Å²) in [6.07, 6.45) is 8.84. The van der Waals surface area contributed by atoms with Crippen LogP contribution in [0.25, 0.3) is 0 Å². The van der Waals surface area contributed by atoms with Crippen molar-refractivity contribution in [1.29, 1.82) is 0 Å². The summed E-state index contributed by atoms with van der Waals surface area (Å²) < 4.78 is 29.1. The van der Waals surface area contributed by atoms with E-state index in [-0.39, 0.29) is 28.8 Å². The molecule has 39 heavy (non-hydrogen) atoms. The molecule has 8 nitrogen and oxygen atoms in total. The number of carbonyl (C=O) groups excluding carboxylic acids is 1. The molecule has 0 aromatic heterocycles. The van der Waals surface area contributed by atoms with Crippen molar-refractivity contribution in [3.05, 3.63) is 23.3 Å². The maximum absolute atomic E-state index is 12.4. The summed E-state index contributed by atoms with van der Waals surface area (Å²) in [5.41, 5.74) is 1.11. The maximum Gasteiger partial charge on any atom is 0.331 e. The van der Waals surface area contributed by atoms with Gasteiger partial charge in [0.2, 0.25) is 0 Å². The number of aliphatic hydroxyl groups is 2. The number of fused-ring (bicyclic) bond motifs is 5. The second-order valence-electron chi connectivity index (χ2n) is 13.5. The van der Waals surface area contributed by atoms with Crippen molar-refractivity contribution in [3.63, 3.8) is 0 Å². The van der Waals surface area contributed by atoms with Gasteiger partial charge in [-0.15, -0.1) is 0 Å². The molecule has 0 spiro atoms. The van der Waals surface area contributed by atoms with E-state index in [1.807, 2.05) is 6.92 Å². The van der Waals surface area contributed by atoms with Gasteiger partial charge in [-0.3, -0.25) is 0 Å². The van der Waals surface area contributed by atoms with Crippen molar-refractivity contribution in [3.8, 4) is 0 Å². The molecule has 4 aliphatic carbocycles. The largest absolute Gasteiger partial charge is 0.458 e. The second kappa shape index (κ2) is 9.92. The Morgan fingerprint density at radius 3 is 2.49 bits per heavy atom. The number of hydrogen-bond acceptors (Lipinski definition) is 8. The molecule has 3 saturated carbocycles. The Kier molecular flexibility index (Phi) is 7.08. The van der Waals surface area contributed by atoms with Crippen LogP contribution in [-0.4, -0.2) is 79.4 Å². The standard InChI is InChI=1S/C31H46O8/c1-17-25(33)26(35-4)27(36-5)28(38-17)39-20-8-11-29(2)19(15-20)6-7-23-22(29)9-12-30(3)21(10-13-31(23,30)34)18-14-24(32)37-16-18/h10,14,17,19-20,22-23,25-28,33-34H,6-9,11-13,15-16H2,1-5H3/t17-,19?,20+,22?,23?,25+,26+,27-,28+,29?,30?,31?/m1/s1. The summed E-state index contributed by atoms with van der Waals surface area (Å²) in [6.45, 7) is 6.84. The van der Waals surface area contributed by atoms with Crippen LogP contribution in [0.3, 0.4) is 0 Å². The average Bonchev–Trinajstić information content (AvgIpc) is 3.45. The molecule has 0 aromatic carbocycles. The number of esters is 1. The third-order valence-electron chi connectivity index (χ3n) is 12.0. The Balaban J connectivity index is 1.16. The minimum Gasteiger partial charge on any atom is -0.458 e. The first-order valence-electron chi connectivity index (χ1n) is 14.9. The molecule has 12 atom stereocenters. The van der Waals surface area contributed by atoms with Crippen molar-refractivity contribution in [1.82, 2.24) is 0 Å². The van der Waals surface area contributed by atoms with Crippen molar-refractivity contribution >= 4 is 5.97 Å². The van der Waals surface area contributed by atoms with Gasteiger partial charge in [0, 0.05) is 31.3 Å². The highest BCUT2D eigenvalue weighted by Crippen LogP contribution is 2.68. The van der Waals surface area contributed by atoms with E-state index in [2.05, 4.69) is 19.9 Å². The van der Waals surface area contributed by atoms with Crippen LogP contribution in [0.4, 0.5) is 0 Å². The van der Waals surface area contributed by atoms with Gasteiger partial charge in [-0.05, 0) is 87.0 Å². The molecule has 2 N–H and O–H groups in total. The number of rotatable bonds is 5. The molecule has 218 valence electrons. The van der Waals surface area contributed by atoms with Crippen LogP contribution in [0.2, 0.25) is 0 Å². The Morgan fingerprint density at radius 2 is 1.79 bits per heavy atom. The highest BCUT2D eigenvalue weighted by atomic mass is 16.7. The predicted octanol–water partition coefficient (Wildman–Crippen LogP) is 3.68. The molecule has 0 radical (unpaired) electrons. The van der Waals surface area contributed by atoms with Gasteiger partial charge < -0.3 is 33.9 Å². The number of ether oxygens (including phenoxy) is 5. The third kappa shape index (κ3) is 4.11. The van der Waals surface area contributed by atoms with Crippen molar-refractivity contribution in [2.75, 3.05) is 20.8 Å². The molecule has 6 rings (SSSR count). The molecular weight excluding hydrogens is 500 g/mol. The minimum absolute atomic E-state index is 0.0609. The lowest BCUT2D eigenvalue weighted by Crippen LogP contribution is -2.62. The average molecular weight is 547 g/mol. The molecule has 0 bridgehead atoms. The van der Waals surface area contributed by atoms with Gasteiger partial charge in [-0.1, -0.05) is 19.9 Å². The van der Waals surface area contributed by atoms with Crippen LogP contribution in [0.5, 0.6) is 0 Å². The molecule has 6 unspecified atom stereocenters. The zero-order chi connectivity index (χ0) is 27.7. The highest BCUT2D eigenvalue weighted by Gasteiger charge is 2.66. The molecule has 8 heteroatoms. The molecule has 2 heterocycles. The van der Waals surface area contributed by atoms with E-state index in [9.17, 15) is 15.0 Å². The molecule has 0 amide bonds. The topological polar surface area (TPSA) is 104 Å². The molecular formula is C31H46O8. The summed E-state index contributed by atoms with van der Waals surface area (Å²) in [5, 5.41) is 22.9. The molecule has 2 aliphatic heterocycles. The minimum atomic E-state index is -0.785. The lowest BCUT2D eigenvalue weighted by molar-refractivity contribution is -0.317. The first kappa shape index (κ1) is 27.9. The van der Waals surface area contributed by atoms with Gasteiger partial charge in [0.25, 0.3) is 0 Å². The summed E-state index contributed by atoms with van der Waals surface area (Å²) in [7, 11) is 3.20. The Bertz CT molecular complexity index is 1040. The van der Waals surface area contributed by atoms with Gasteiger partial charge in [0.1, 0.15) is 24.9 Å². The summed E-state index contributed by atoms with van der Waals surface area (Å²) in [6, 6.07) is 0. The molecule has 4 fully saturated rings. The van der Waals surface area contributed by atoms with Gasteiger partial charge >= 0.3 is 5.97 Å². The first-order valence-corrected chi connectivity index (χ1v) is 14.9. The summed E-state index contributed by atoms with van der Waals surface area (Å²) in [4.78, 5) is 11.8. The quantitative estimate of drug-likeness (QED) is 0.398. The lowest BCUT2D eigenvalue weighted by Gasteiger charge is -2.63. The number of aliphatic hydroxyl groups excluding tert-OH is 1. The number of methoxy groups -OCH3 is 2. The summed E-state index contributed by atoms with van der Waals surface area (Å²) >= 11 is 0. The normalized spacial score (nSPS) is 51.4. The first-order chi connectivity index (χ1) is 18.6. The van der Waals surface area contributed by atoms with Crippen LogP contribution in [0.1, 0.15) is 72.1 Å². The van der Waals surface area contributed by atoms with Crippen molar-refractivity contribution in [2.45, 2.75) is 115 Å². The van der Waals surface area contributed by atoms with E-state index in [1.165, 1.54) is 0 Å². The van der Waals surface area contributed by atoms with E-state index >= 15 is 0 Å². The van der Waals surface area contributed by atoms with E-state index < -0.39 is 36.3 Å². The monoisotopic (exact) mass is 546 g/mol. The highest BCUT2D eigenvalue weighted by molar-refractivity contribution is 5.86. The SMILES string of the molecule is CO[C@H]1[C@H](O[C@H]2CCC3(C)C(CCC4C3CCC3(C)C(C5=CC(=O)OC5)=CCC43O)C2)O[C@H](C)[C@H](O)[C@@H]1OC. The molecule has 0 aromatic rings. The number of carbonyl (C=O) groups is 1. The van der Waals surface area contributed by atoms with Crippen LogP contribution in [0.15, 0.2) is 23.3 Å². The van der Waals surface area contributed by atoms with Gasteiger partial charge in [0.15, 0.2) is 6.29 Å². The fraction of sp³-hybridized carbons (Fsp3) is 0.839. The fourth-order valence-electron chi connectivity index (χ4n) is 9.70. The van der Waals surface area contributed by atoms with Crippen LogP contribution in [-0.2, 0) is 28.5 Å². The Labute approximate surface area is 232 Å². The Hall–Kier alpha value is -1.29. The van der Waals surface area contributed by atoms with Gasteiger partial charge in [-0.2, -0.15) is 0 Å². The smallest absolute Gasteiger partial charge is 0.331 e. The third-order valence-corrected chi connectivity index (χ3v) is 12.0. The zero-order valence-electron chi connectivity index (χ0n) is 24.1. The zero-order valence-corrected chi connectivity index (χ0v) is 24.1. The fourth-order valence-corrected chi connectivity index (χ4v) is 9.70. The van der Waals surface area contributed by atoms with Crippen molar-refractivity contribution in [2.24, 2.45) is 28.6 Å². The number of hydrogen-bond donors (Lipinski definition) is 2. The Morgan fingerprint density at radius 1 is 1.03 bits per heavy atom. The summed E-state index contributed by atoms with van der Waals surface area (Å²) in [5.74, 6) is 0.953.